The van der Waals surface area contributed by atoms with Gasteiger partial charge in [-0.15, -0.1) is 0 Å². The molecule has 0 saturated carbocycles. The van der Waals surface area contributed by atoms with Crippen molar-refractivity contribution in [1.29, 1.82) is 0 Å². The lowest BCUT2D eigenvalue weighted by atomic mass is 10.2. The maximum absolute atomic E-state index is 11.0. The fourth-order valence-electron chi connectivity index (χ4n) is 1.61. The number of halogens is 1. The summed E-state index contributed by atoms with van der Waals surface area (Å²) in [5.74, 6) is 0. The average Bonchev–Trinajstić information content (AvgIpc) is 2.48. The Morgan fingerprint density at radius 1 is 1.00 bits per heavy atom. The van der Waals surface area contributed by atoms with Crippen LogP contribution >= 0.6 is 11.6 Å². The molecule has 0 aliphatic heterocycles. The van der Waals surface area contributed by atoms with Crippen LogP contribution in [0.1, 0.15) is 5.56 Å². The Morgan fingerprint density at radius 2 is 1.67 bits per heavy atom. The fourth-order valence-corrected chi connectivity index (χ4v) is 1.83. The van der Waals surface area contributed by atoms with Crippen LogP contribution in [0, 0.1) is 20.2 Å². The van der Waals surface area contributed by atoms with Gasteiger partial charge in [0.1, 0.15) is 10.9 Å². The van der Waals surface area contributed by atoms with Gasteiger partial charge in [-0.3, -0.25) is 20.2 Å². The third kappa shape index (κ3) is 3.40. The van der Waals surface area contributed by atoms with E-state index in [2.05, 4.69) is 4.99 Å². The van der Waals surface area contributed by atoms with Crippen molar-refractivity contribution >= 4 is 33.8 Å². The molecule has 0 unspecified atom stereocenters. The van der Waals surface area contributed by atoms with E-state index in [1.165, 1.54) is 6.07 Å². The molecule has 0 aliphatic rings. The van der Waals surface area contributed by atoms with Gasteiger partial charge in [-0.05, 0) is 6.07 Å². The smallest absolute Gasteiger partial charge is 0.258 e. The molecule has 0 amide bonds. The third-order valence-electron chi connectivity index (χ3n) is 2.60. The Bertz CT molecular complexity index is 731. The van der Waals surface area contributed by atoms with E-state index in [4.69, 9.17) is 11.6 Å². The van der Waals surface area contributed by atoms with Crippen LogP contribution in [0.15, 0.2) is 53.5 Å². The van der Waals surface area contributed by atoms with Gasteiger partial charge in [-0.1, -0.05) is 41.9 Å². The van der Waals surface area contributed by atoms with Crippen LogP contribution in [0.2, 0.25) is 0 Å². The van der Waals surface area contributed by atoms with Gasteiger partial charge in [-0.2, -0.15) is 0 Å². The van der Waals surface area contributed by atoms with Gasteiger partial charge in [0.25, 0.3) is 5.69 Å². The van der Waals surface area contributed by atoms with Crippen molar-refractivity contribution in [1.82, 2.24) is 0 Å². The van der Waals surface area contributed by atoms with E-state index in [0.29, 0.717) is 5.56 Å². The Kier molecular flexibility index (Phi) is 4.24. The summed E-state index contributed by atoms with van der Waals surface area (Å²) in [6, 6.07) is 11.9. The van der Waals surface area contributed by atoms with Gasteiger partial charge in [0, 0.05) is 11.6 Å². The summed E-state index contributed by atoms with van der Waals surface area (Å²) in [6.45, 7) is 0. The summed E-state index contributed by atoms with van der Waals surface area (Å²) in [5, 5.41) is 21.7. The highest BCUT2D eigenvalue weighted by molar-refractivity contribution is 6.69. The standard InChI is InChI=1S/C13H8ClN3O4/c14-13(9-4-2-1-3-5-9)15-11-7-6-10(16(18)19)8-12(11)17(20)21/h1-8H. The van der Waals surface area contributed by atoms with Crippen LogP contribution < -0.4 is 0 Å². The second-order valence-electron chi connectivity index (χ2n) is 3.96. The number of nitrogens with zero attached hydrogens (tertiary/aromatic N) is 3. The predicted octanol–water partition coefficient (Wildman–Crippen LogP) is 3.82. The molecule has 0 aliphatic carbocycles. The zero-order valence-corrected chi connectivity index (χ0v) is 11.2. The quantitative estimate of drug-likeness (QED) is 0.487. The molecule has 0 radical (unpaired) electrons. The maximum atomic E-state index is 11.0. The highest BCUT2D eigenvalue weighted by Gasteiger charge is 2.19. The van der Waals surface area contributed by atoms with Crippen molar-refractivity contribution in [2.75, 3.05) is 0 Å². The lowest BCUT2D eigenvalue weighted by Crippen LogP contribution is -1.94. The molecular weight excluding hydrogens is 298 g/mol. The first kappa shape index (κ1) is 14.6. The number of non-ortho nitro benzene ring substituents is 1. The zero-order valence-electron chi connectivity index (χ0n) is 10.5. The summed E-state index contributed by atoms with van der Waals surface area (Å²) in [5.41, 5.74) is -0.305. The molecule has 0 aromatic heterocycles. The molecular formula is C13H8ClN3O4. The van der Waals surface area contributed by atoms with Gasteiger partial charge in [0.15, 0.2) is 0 Å². The van der Waals surface area contributed by atoms with E-state index in [0.717, 1.165) is 12.1 Å². The number of hydrogen-bond donors (Lipinski definition) is 0. The molecule has 2 rings (SSSR count). The van der Waals surface area contributed by atoms with E-state index in [-0.39, 0.29) is 16.5 Å². The number of nitro benzene ring substituents is 2. The molecule has 106 valence electrons. The number of hydrogen-bond acceptors (Lipinski definition) is 5. The summed E-state index contributed by atoms with van der Waals surface area (Å²) < 4.78 is 0. The summed E-state index contributed by atoms with van der Waals surface area (Å²) >= 11 is 6.01. The van der Waals surface area contributed by atoms with Crippen LogP contribution in [0.5, 0.6) is 0 Å². The first-order chi connectivity index (χ1) is 9.99. The van der Waals surface area contributed by atoms with Crippen LogP contribution in [0.4, 0.5) is 17.1 Å². The molecule has 0 heterocycles. The Labute approximate surface area is 123 Å². The zero-order chi connectivity index (χ0) is 15.4. The summed E-state index contributed by atoms with van der Waals surface area (Å²) in [4.78, 5) is 24.2. The van der Waals surface area contributed by atoms with Crippen molar-refractivity contribution in [3.8, 4) is 0 Å². The minimum atomic E-state index is -0.735. The largest absolute Gasteiger partial charge is 0.301 e. The highest BCUT2D eigenvalue weighted by Crippen LogP contribution is 2.32. The normalized spacial score (nSPS) is 11.2. The Hall–Kier alpha value is -2.80. The number of benzene rings is 2. The topological polar surface area (TPSA) is 98.6 Å². The van der Waals surface area contributed by atoms with Gasteiger partial charge in [0.2, 0.25) is 0 Å². The van der Waals surface area contributed by atoms with E-state index in [1.807, 2.05) is 0 Å². The Balaban J connectivity index is 2.49. The molecule has 2 aromatic rings. The third-order valence-corrected chi connectivity index (χ3v) is 2.90. The molecule has 0 fully saturated rings. The second-order valence-corrected chi connectivity index (χ2v) is 4.31. The fraction of sp³-hybridized carbons (Fsp3) is 0. The van der Waals surface area contributed by atoms with E-state index >= 15 is 0 Å². The number of aliphatic imine (C=N–C) groups is 1. The maximum Gasteiger partial charge on any atom is 0.301 e. The van der Waals surface area contributed by atoms with Gasteiger partial charge in [-0.25, -0.2) is 4.99 Å². The molecule has 8 heteroatoms. The van der Waals surface area contributed by atoms with Gasteiger partial charge in [0.05, 0.1) is 15.9 Å². The molecule has 2 aromatic carbocycles. The van der Waals surface area contributed by atoms with Crippen molar-refractivity contribution < 1.29 is 9.85 Å². The summed E-state index contributed by atoms with van der Waals surface area (Å²) in [7, 11) is 0. The van der Waals surface area contributed by atoms with E-state index < -0.39 is 15.5 Å². The monoisotopic (exact) mass is 305 g/mol. The van der Waals surface area contributed by atoms with Gasteiger partial charge >= 0.3 is 5.69 Å². The minimum absolute atomic E-state index is 0.0422. The lowest BCUT2D eigenvalue weighted by Gasteiger charge is -2.00. The van der Waals surface area contributed by atoms with Crippen LogP contribution in [0.25, 0.3) is 0 Å². The van der Waals surface area contributed by atoms with Gasteiger partial charge < -0.3 is 0 Å². The lowest BCUT2D eigenvalue weighted by molar-refractivity contribution is -0.393. The average molecular weight is 306 g/mol. The number of rotatable bonds is 4. The highest BCUT2D eigenvalue weighted by atomic mass is 35.5. The molecule has 0 atom stereocenters. The molecule has 0 bridgehead atoms. The van der Waals surface area contributed by atoms with E-state index in [9.17, 15) is 20.2 Å². The Morgan fingerprint density at radius 3 is 2.24 bits per heavy atom. The van der Waals surface area contributed by atoms with Crippen molar-refractivity contribution in [3.63, 3.8) is 0 Å². The molecule has 21 heavy (non-hydrogen) atoms. The first-order valence-electron chi connectivity index (χ1n) is 5.71. The SMILES string of the molecule is O=[N+]([O-])c1ccc(N=C(Cl)c2ccccc2)c([N+](=O)[O-])c1. The van der Waals surface area contributed by atoms with Crippen molar-refractivity contribution in [2.24, 2.45) is 4.99 Å². The predicted molar refractivity (Wildman–Crippen MR) is 78.2 cm³/mol. The van der Waals surface area contributed by atoms with Crippen LogP contribution in [0.3, 0.4) is 0 Å². The van der Waals surface area contributed by atoms with Crippen LogP contribution in [-0.2, 0) is 0 Å². The molecule has 0 N–H and O–H groups in total. The molecule has 0 spiro atoms. The second kappa shape index (κ2) is 6.10. The van der Waals surface area contributed by atoms with Crippen molar-refractivity contribution in [2.45, 2.75) is 0 Å². The van der Waals surface area contributed by atoms with Crippen molar-refractivity contribution in [3.05, 3.63) is 74.3 Å². The van der Waals surface area contributed by atoms with E-state index in [1.54, 1.807) is 30.3 Å². The summed E-state index contributed by atoms with van der Waals surface area (Å²) in [6.07, 6.45) is 0. The first-order valence-corrected chi connectivity index (χ1v) is 6.09. The minimum Gasteiger partial charge on any atom is -0.258 e. The van der Waals surface area contributed by atoms with Crippen LogP contribution in [-0.4, -0.2) is 15.0 Å². The number of nitro groups is 2. The molecule has 7 nitrogen and oxygen atoms in total. The molecule has 0 saturated heterocycles.